The van der Waals surface area contributed by atoms with Gasteiger partial charge in [0.15, 0.2) is 0 Å². The fourth-order valence-electron chi connectivity index (χ4n) is 3.23. The summed E-state index contributed by atoms with van der Waals surface area (Å²) in [5.41, 5.74) is 2.94. The molecule has 1 fully saturated rings. The van der Waals surface area contributed by atoms with Crippen LogP contribution < -0.4 is 10.2 Å². The molecule has 1 aliphatic rings. The van der Waals surface area contributed by atoms with Crippen molar-refractivity contribution in [2.24, 2.45) is 11.8 Å². The Labute approximate surface area is 164 Å². The summed E-state index contributed by atoms with van der Waals surface area (Å²) in [5, 5.41) is 3.00. The van der Waals surface area contributed by atoms with E-state index in [1.807, 2.05) is 51.0 Å². The summed E-state index contributed by atoms with van der Waals surface area (Å²) in [4.78, 5) is 29.0. The molecule has 1 aliphatic carbocycles. The predicted molar refractivity (Wildman–Crippen MR) is 112 cm³/mol. The maximum Gasteiger partial charge on any atom is 0.226 e. The predicted octanol–water partition coefficient (Wildman–Crippen LogP) is 4.27. The minimum Gasteiger partial charge on any atom is -0.377 e. The quantitative estimate of drug-likeness (QED) is 0.703. The third-order valence-electron chi connectivity index (χ3n) is 5.11. The molecule has 2 amide bonds. The number of anilines is 2. The van der Waals surface area contributed by atoms with Gasteiger partial charge in [-0.2, -0.15) is 0 Å². The summed E-state index contributed by atoms with van der Waals surface area (Å²) in [7, 11) is 4.01. The Bertz CT molecular complexity index is 666. The van der Waals surface area contributed by atoms with Gasteiger partial charge in [0.2, 0.25) is 11.8 Å². The van der Waals surface area contributed by atoms with Crippen molar-refractivity contribution < 1.29 is 9.59 Å². The van der Waals surface area contributed by atoms with Crippen LogP contribution in [0.2, 0.25) is 0 Å². The molecule has 1 aromatic rings. The molecule has 0 spiro atoms. The van der Waals surface area contributed by atoms with Crippen LogP contribution >= 0.6 is 0 Å². The molecule has 1 aromatic carbocycles. The van der Waals surface area contributed by atoms with E-state index < -0.39 is 0 Å². The van der Waals surface area contributed by atoms with Crippen LogP contribution in [0, 0.1) is 11.8 Å². The molecule has 0 aliphatic heterocycles. The Morgan fingerprint density at radius 2 is 1.85 bits per heavy atom. The zero-order valence-corrected chi connectivity index (χ0v) is 17.7. The standard InChI is InChI=1S/C22H35N3O2/c1-7-16(4)25(22(27)17-8-9-17)14-18-13-19(10-11-20(18)24(5)6)23-21(26)12-15(2)3/h10-11,13,15-17H,7-9,12,14H2,1-6H3,(H,23,26). The third-order valence-corrected chi connectivity index (χ3v) is 5.11. The largest absolute Gasteiger partial charge is 0.377 e. The first-order valence-electron chi connectivity index (χ1n) is 10.1. The normalized spacial score (nSPS) is 14.8. The lowest BCUT2D eigenvalue weighted by Gasteiger charge is -2.31. The summed E-state index contributed by atoms with van der Waals surface area (Å²) < 4.78 is 0. The van der Waals surface area contributed by atoms with Crippen LogP contribution in [-0.2, 0) is 16.1 Å². The smallest absolute Gasteiger partial charge is 0.226 e. The molecule has 1 N–H and O–H groups in total. The van der Waals surface area contributed by atoms with Crippen molar-refractivity contribution in [2.45, 2.75) is 66.0 Å². The first kappa shape index (κ1) is 21.3. The van der Waals surface area contributed by atoms with Gasteiger partial charge in [0, 0.05) is 50.4 Å². The van der Waals surface area contributed by atoms with Gasteiger partial charge >= 0.3 is 0 Å². The maximum atomic E-state index is 12.8. The van der Waals surface area contributed by atoms with Crippen molar-refractivity contribution >= 4 is 23.2 Å². The number of nitrogens with zero attached hydrogens (tertiary/aromatic N) is 2. The van der Waals surface area contributed by atoms with Crippen LogP contribution in [-0.4, -0.2) is 36.9 Å². The average molecular weight is 374 g/mol. The zero-order valence-electron chi connectivity index (χ0n) is 17.7. The van der Waals surface area contributed by atoms with Gasteiger partial charge in [-0.25, -0.2) is 0 Å². The van der Waals surface area contributed by atoms with Crippen molar-refractivity contribution in [1.29, 1.82) is 0 Å². The van der Waals surface area contributed by atoms with Gasteiger partial charge in [0.25, 0.3) is 0 Å². The molecule has 1 unspecified atom stereocenters. The Hall–Kier alpha value is -2.04. The second-order valence-electron chi connectivity index (χ2n) is 8.38. The number of nitrogens with one attached hydrogen (secondary N) is 1. The second kappa shape index (κ2) is 9.25. The number of hydrogen-bond acceptors (Lipinski definition) is 3. The Kier molecular flexibility index (Phi) is 7.28. The number of hydrogen-bond donors (Lipinski definition) is 1. The molecule has 27 heavy (non-hydrogen) atoms. The van der Waals surface area contributed by atoms with Gasteiger partial charge in [-0.1, -0.05) is 20.8 Å². The van der Waals surface area contributed by atoms with Crippen LogP contribution in [0.15, 0.2) is 18.2 Å². The molecule has 5 nitrogen and oxygen atoms in total. The van der Waals surface area contributed by atoms with Gasteiger partial charge < -0.3 is 15.1 Å². The molecule has 0 aromatic heterocycles. The van der Waals surface area contributed by atoms with E-state index in [1.54, 1.807) is 0 Å². The molecule has 2 rings (SSSR count). The van der Waals surface area contributed by atoms with Crippen molar-refractivity contribution in [2.75, 3.05) is 24.3 Å². The highest BCUT2D eigenvalue weighted by Gasteiger charge is 2.35. The molecular weight excluding hydrogens is 338 g/mol. The van der Waals surface area contributed by atoms with E-state index >= 15 is 0 Å². The summed E-state index contributed by atoms with van der Waals surface area (Å²) in [6.07, 6.45) is 3.46. The minimum absolute atomic E-state index is 0.0291. The lowest BCUT2D eigenvalue weighted by atomic mass is 10.1. The first-order valence-corrected chi connectivity index (χ1v) is 10.1. The van der Waals surface area contributed by atoms with E-state index in [-0.39, 0.29) is 23.8 Å². The highest BCUT2D eigenvalue weighted by molar-refractivity contribution is 5.91. The molecule has 5 heteroatoms. The summed E-state index contributed by atoms with van der Waals surface area (Å²) >= 11 is 0. The van der Waals surface area contributed by atoms with Gasteiger partial charge in [0.1, 0.15) is 0 Å². The first-order chi connectivity index (χ1) is 12.7. The van der Waals surface area contributed by atoms with Crippen LogP contribution in [0.5, 0.6) is 0 Å². The monoisotopic (exact) mass is 373 g/mol. The molecule has 0 saturated heterocycles. The van der Waals surface area contributed by atoms with Gasteiger partial charge in [-0.15, -0.1) is 0 Å². The zero-order chi connectivity index (χ0) is 20.1. The van der Waals surface area contributed by atoms with E-state index in [0.717, 1.165) is 36.2 Å². The Morgan fingerprint density at radius 3 is 2.37 bits per heavy atom. The maximum absolute atomic E-state index is 12.8. The van der Waals surface area contributed by atoms with E-state index in [4.69, 9.17) is 0 Å². The lowest BCUT2D eigenvalue weighted by molar-refractivity contribution is -0.135. The lowest BCUT2D eigenvalue weighted by Crippen LogP contribution is -2.39. The van der Waals surface area contributed by atoms with Gasteiger partial charge in [0.05, 0.1) is 0 Å². The van der Waals surface area contributed by atoms with Crippen LogP contribution in [0.25, 0.3) is 0 Å². The summed E-state index contributed by atoms with van der Waals surface area (Å²) in [6, 6.07) is 6.18. The average Bonchev–Trinajstić information content (AvgIpc) is 3.42. The van der Waals surface area contributed by atoms with Crippen LogP contribution in [0.3, 0.4) is 0 Å². The van der Waals surface area contributed by atoms with Crippen LogP contribution in [0.4, 0.5) is 11.4 Å². The van der Waals surface area contributed by atoms with Crippen molar-refractivity contribution in [3.8, 4) is 0 Å². The van der Waals surface area contributed by atoms with Gasteiger partial charge in [-0.3, -0.25) is 9.59 Å². The van der Waals surface area contributed by atoms with E-state index in [0.29, 0.717) is 18.9 Å². The molecule has 0 radical (unpaired) electrons. The molecular formula is C22H35N3O2. The highest BCUT2D eigenvalue weighted by atomic mass is 16.2. The summed E-state index contributed by atoms with van der Waals surface area (Å²) in [6.45, 7) is 8.88. The van der Waals surface area contributed by atoms with E-state index in [2.05, 4.69) is 24.1 Å². The van der Waals surface area contributed by atoms with Crippen molar-refractivity contribution in [3.63, 3.8) is 0 Å². The topological polar surface area (TPSA) is 52.7 Å². The third kappa shape index (κ3) is 5.98. The molecule has 1 saturated carbocycles. The molecule has 0 bridgehead atoms. The second-order valence-corrected chi connectivity index (χ2v) is 8.38. The number of amides is 2. The number of carbonyl (C=O) groups is 2. The van der Waals surface area contributed by atoms with Crippen molar-refractivity contribution in [1.82, 2.24) is 4.90 Å². The van der Waals surface area contributed by atoms with Crippen molar-refractivity contribution in [3.05, 3.63) is 23.8 Å². The van der Waals surface area contributed by atoms with E-state index in [9.17, 15) is 9.59 Å². The molecule has 0 heterocycles. The number of benzene rings is 1. The SMILES string of the molecule is CCC(C)N(Cc1cc(NC(=O)CC(C)C)ccc1N(C)C)C(=O)C1CC1. The Morgan fingerprint density at radius 1 is 1.19 bits per heavy atom. The van der Waals surface area contributed by atoms with Crippen LogP contribution in [0.1, 0.15) is 58.9 Å². The highest BCUT2D eigenvalue weighted by Crippen LogP contribution is 2.34. The fourth-order valence-corrected chi connectivity index (χ4v) is 3.23. The fraction of sp³-hybridized carbons (Fsp3) is 0.636. The van der Waals surface area contributed by atoms with Gasteiger partial charge in [-0.05, 0) is 55.9 Å². The van der Waals surface area contributed by atoms with E-state index in [1.165, 1.54) is 0 Å². The minimum atomic E-state index is 0.0291. The number of rotatable bonds is 9. The number of carbonyl (C=O) groups excluding carboxylic acids is 2. The Balaban J connectivity index is 2.26. The molecule has 1 atom stereocenters. The summed E-state index contributed by atoms with van der Waals surface area (Å²) in [5.74, 6) is 0.822. The molecule has 150 valence electrons.